The normalized spacial score (nSPS) is 11.6. The number of aromatic nitrogens is 5. The van der Waals surface area contributed by atoms with Crippen LogP contribution in [-0.4, -0.2) is 48.9 Å². The molecular weight excluding hydrogens is 515 g/mol. The highest BCUT2D eigenvalue weighted by molar-refractivity contribution is 7.21. The number of hydrogen-bond donors (Lipinski definition) is 2. The number of primary amides is 1. The van der Waals surface area contributed by atoms with E-state index in [0.717, 1.165) is 10.7 Å². The molecule has 4 rings (SSSR count). The van der Waals surface area contributed by atoms with Crippen LogP contribution in [0.25, 0.3) is 21.3 Å². The predicted octanol–water partition coefficient (Wildman–Crippen LogP) is 3.29. The SMILES string of the molecule is CCOC(=O)c1cc(C(=O)Nc2c(C(N)=O)sc3nc(C(F)(F)F)cc(-c4cnn(C)c4C)c23)nn1C. The van der Waals surface area contributed by atoms with Gasteiger partial charge in [-0.25, -0.2) is 9.78 Å². The molecule has 11 nitrogen and oxygen atoms in total. The Balaban J connectivity index is 1.91. The van der Waals surface area contributed by atoms with Crippen LogP contribution >= 0.6 is 11.3 Å². The topological polar surface area (TPSA) is 147 Å². The zero-order valence-electron chi connectivity index (χ0n) is 19.9. The van der Waals surface area contributed by atoms with Crippen molar-refractivity contribution in [3.8, 4) is 11.1 Å². The highest BCUT2D eigenvalue weighted by Gasteiger charge is 2.35. The van der Waals surface area contributed by atoms with Gasteiger partial charge in [-0.3, -0.25) is 19.0 Å². The van der Waals surface area contributed by atoms with Crippen LogP contribution in [0.2, 0.25) is 0 Å². The Morgan fingerprint density at radius 3 is 2.43 bits per heavy atom. The van der Waals surface area contributed by atoms with Crippen LogP contribution in [0.3, 0.4) is 0 Å². The first-order valence-electron chi connectivity index (χ1n) is 10.7. The summed E-state index contributed by atoms with van der Waals surface area (Å²) in [6, 6.07) is 2.02. The molecule has 0 aliphatic carbocycles. The standard InChI is InChI=1S/C22H20F3N7O4S/c1-5-36-21(35)13-7-12(30-32(13)4)19(34)29-16-15-10(11-8-27-31(3)9(11)2)6-14(22(23,24)25)28-20(15)37-17(16)18(26)33/h6-8H,5H2,1-4H3,(H2,26,33)(H,29,34). The van der Waals surface area contributed by atoms with Gasteiger partial charge in [-0.1, -0.05) is 0 Å². The fourth-order valence-corrected chi connectivity index (χ4v) is 4.67. The number of anilines is 1. The van der Waals surface area contributed by atoms with Gasteiger partial charge in [-0.15, -0.1) is 11.3 Å². The number of alkyl halides is 3. The van der Waals surface area contributed by atoms with E-state index in [1.807, 2.05) is 0 Å². The summed E-state index contributed by atoms with van der Waals surface area (Å²) in [6.07, 6.45) is -3.40. The van der Waals surface area contributed by atoms with E-state index < -0.39 is 29.7 Å². The van der Waals surface area contributed by atoms with Gasteiger partial charge in [-0.2, -0.15) is 23.4 Å². The Morgan fingerprint density at radius 2 is 1.86 bits per heavy atom. The maximum atomic E-state index is 13.7. The van der Waals surface area contributed by atoms with E-state index in [1.165, 1.54) is 24.0 Å². The molecule has 4 heterocycles. The van der Waals surface area contributed by atoms with Crippen LogP contribution in [0.15, 0.2) is 18.3 Å². The molecule has 0 radical (unpaired) electrons. The Bertz CT molecular complexity index is 1570. The van der Waals surface area contributed by atoms with Gasteiger partial charge in [0.2, 0.25) is 0 Å². The number of rotatable bonds is 6. The maximum absolute atomic E-state index is 13.7. The lowest BCUT2D eigenvalue weighted by Crippen LogP contribution is -2.17. The summed E-state index contributed by atoms with van der Waals surface area (Å²) in [6.45, 7) is 3.39. The highest BCUT2D eigenvalue weighted by Crippen LogP contribution is 2.44. The number of amides is 2. The zero-order valence-corrected chi connectivity index (χ0v) is 20.7. The second-order valence-electron chi connectivity index (χ2n) is 7.88. The van der Waals surface area contributed by atoms with Crippen LogP contribution in [-0.2, 0) is 25.0 Å². The molecule has 0 saturated carbocycles. The molecule has 37 heavy (non-hydrogen) atoms. The number of nitrogens with one attached hydrogen (secondary N) is 1. The van der Waals surface area contributed by atoms with Gasteiger partial charge in [0.1, 0.15) is 21.1 Å². The minimum absolute atomic E-state index is 0.000427. The molecule has 0 saturated heterocycles. The summed E-state index contributed by atoms with van der Waals surface area (Å²) in [7, 11) is 3.05. The van der Waals surface area contributed by atoms with Gasteiger partial charge in [0.05, 0.1) is 18.5 Å². The quantitative estimate of drug-likeness (QED) is 0.360. The van der Waals surface area contributed by atoms with Crippen LogP contribution in [0.1, 0.15) is 49.0 Å². The Labute approximate surface area is 211 Å². The first kappa shape index (κ1) is 25.8. The number of carbonyl (C=O) groups is 3. The number of nitrogens with zero attached hydrogens (tertiary/aromatic N) is 5. The summed E-state index contributed by atoms with van der Waals surface area (Å²) < 4.78 is 48.6. The van der Waals surface area contributed by atoms with Crippen molar-refractivity contribution in [2.75, 3.05) is 11.9 Å². The fourth-order valence-electron chi connectivity index (χ4n) is 3.66. The van der Waals surface area contributed by atoms with Crippen molar-refractivity contribution >= 4 is 45.0 Å². The zero-order chi connectivity index (χ0) is 27.2. The third-order valence-electron chi connectivity index (χ3n) is 5.54. The third kappa shape index (κ3) is 4.64. The van der Waals surface area contributed by atoms with Gasteiger partial charge in [-0.05, 0) is 25.5 Å². The molecule has 0 aliphatic heterocycles. The van der Waals surface area contributed by atoms with Crippen molar-refractivity contribution in [2.24, 2.45) is 19.8 Å². The van der Waals surface area contributed by atoms with Gasteiger partial charge in [0.15, 0.2) is 5.69 Å². The molecule has 0 spiro atoms. The molecule has 0 bridgehead atoms. The summed E-state index contributed by atoms with van der Waals surface area (Å²) in [5.41, 5.74) is 4.94. The molecular formula is C22H20F3N7O4S. The van der Waals surface area contributed by atoms with E-state index in [-0.39, 0.29) is 44.3 Å². The second-order valence-corrected chi connectivity index (χ2v) is 8.88. The number of pyridine rings is 1. The Kier molecular flexibility index (Phi) is 6.50. The maximum Gasteiger partial charge on any atom is 0.433 e. The van der Waals surface area contributed by atoms with Crippen LogP contribution in [0.5, 0.6) is 0 Å². The molecule has 0 fully saturated rings. The lowest BCUT2D eigenvalue weighted by atomic mass is 10.0. The van der Waals surface area contributed by atoms with Crippen LogP contribution < -0.4 is 11.1 Å². The van der Waals surface area contributed by atoms with Gasteiger partial charge in [0.25, 0.3) is 11.8 Å². The summed E-state index contributed by atoms with van der Waals surface area (Å²) in [4.78, 5) is 40.8. The molecule has 0 unspecified atom stereocenters. The van der Waals surface area contributed by atoms with Crippen LogP contribution in [0, 0.1) is 6.92 Å². The van der Waals surface area contributed by atoms with Crippen molar-refractivity contribution in [2.45, 2.75) is 20.0 Å². The number of fused-ring (bicyclic) bond motifs is 1. The molecule has 4 aromatic rings. The van der Waals surface area contributed by atoms with E-state index in [4.69, 9.17) is 10.5 Å². The van der Waals surface area contributed by atoms with E-state index in [2.05, 4.69) is 20.5 Å². The third-order valence-corrected chi connectivity index (χ3v) is 6.64. The lowest BCUT2D eigenvalue weighted by molar-refractivity contribution is -0.140. The van der Waals surface area contributed by atoms with Crippen molar-refractivity contribution in [1.29, 1.82) is 0 Å². The number of esters is 1. The van der Waals surface area contributed by atoms with Crippen molar-refractivity contribution < 1.29 is 32.3 Å². The number of halogens is 3. The molecule has 2 amide bonds. The number of thiophene rings is 1. The average molecular weight is 536 g/mol. The number of nitrogens with two attached hydrogens (primary N) is 1. The molecule has 15 heteroatoms. The number of ether oxygens (including phenoxy) is 1. The lowest BCUT2D eigenvalue weighted by Gasteiger charge is -2.12. The molecule has 0 aliphatic rings. The minimum Gasteiger partial charge on any atom is -0.461 e. The molecule has 194 valence electrons. The smallest absolute Gasteiger partial charge is 0.433 e. The summed E-state index contributed by atoms with van der Waals surface area (Å²) in [5.74, 6) is -2.51. The monoisotopic (exact) mass is 535 g/mol. The van der Waals surface area contributed by atoms with E-state index in [0.29, 0.717) is 22.6 Å². The molecule has 3 N–H and O–H groups in total. The fraction of sp³-hybridized carbons (Fsp3) is 0.273. The Hall–Kier alpha value is -4.27. The minimum atomic E-state index is -4.78. The van der Waals surface area contributed by atoms with E-state index >= 15 is 0 Å². The van der Waals surface area contributed by atoms with E-state index in [1.54, 1.807) is 20.9 Å². The molecule has 0 atom stereocenters. The predicted molar refractivity (Wildman–Crippen MR) is 127 cm³/mol. The van der Waals surface area contributed by atoms with Gasteiger partial charge >= 0.3 is 12.1 Å². The number of carbonyl (C=O) groups excluding carboxylic acids is 3. The largest absolute Gasteiger partial charge is 0.461 e. The Morgan fingerprint density at radius 1 is 1.16 bits per heavy atom. The molecule has 4 aromatic heterocycles. The molecule has 0 aromatic carbocycles. The van der Waals surface area contributed by atoms with E-state index in [9.17, 15) is 27.6 Å². The summed E-state index contributed by atoms with van der Waals surface area (Å²) >= 11 is 0.613. The number of aryl methyl sites for hydroxylation is 2. The van der Waals surface area contributed by atoms with Crippen molar-refractivity contribution in [1.82, 2.24) is 24.5 Å². The summed E-state index contributed by atoms with van der Waals surface area (Å²) in [5, 5.41) is 10.7. The first-order chi connectivity index (χ1) is 17.3. The number of hydrogen-bond acceptors (Lipinski definition) is 8. The van der Waals surface area contributed by atoms with Crippen molar-refractivity contribution in [3.63, 3.8) is 0 Å². The van der Waals surface area contributed by atoms with Crippen LogP contribution in [0.4, 0.5) is 18.9 Å². The van der Waals surface area contributed by atoms with Gasteiger partial charge < -0.3 is 15.8 Å². The highest BCUT2D eigenvalue weighted by atomic mass is 32.1. The first-order valence-corrected chi connectivity index (χ1v) is 11.5. The van der Waals surface area contributed by atoms with Gasteiger partial charge in [0, 0.05) is 36.8 Å². The van der Waals surface area contributed by atoms with Crippen molar-refractivity contribution in [3.05, 3.63) is 46.0 Å². The average Bonchev–Trinajstić information content (AvgIpc) is 3.48. The second kappa shape index (κ2) is 9.31.